The van der Waals surface area contributed by atoms with E-state index in [4.69, 9.17) is 9.84 Å². The van der Waals surface area contributed by atoms with E-state index in [0.717, 1.165) is 31.2 Å². The van der Waals surface area contributed by atoms with Gasteiger partial charge in [0.1, 0.15) is 11.6 Å². The topological polar surface area (TPSA) is 61.8 Å². The molecule has 2 aliphatic rings. The third-order valence-electron chi connectivity index (χ3n) is 4.13. The number of hydrogen-bond acceptors (Lipinski definition) is 3. The molecule has 1 fully saturated rings. The summed E-state index contributed by atoms with van der Waals surface area (Å²) in [5, 5.41) is 12.1. The number of nitrogens with zero attached hydrogens (tertiary/aromatic N) is 1. The molecule has 1 saturated carbocycles. The number of benzene rings is 1. The Morgan fingerprint density at radius 1 is 1.41 bits per heavy atom. The minimum Gasteiger partial charge on any atom is -0.493 e. The molecule has 1 aromatic carbocycles. The van der Waals surface area contributed by atoms with E-state index >= 15 is 0 Å². The van der Waals surface area contributed by atoms with Gasteiger partial charge < -0.3 is 20.1 Å². The van der Waals surface area contributed by atoms with Gasteiger partial charge in [-0.1, -0.05) is 6.07 Å². The Kier molecular flexibility index (Phi) is 4.47. The lowest BCUT2D eigenvalue weighted by molar-refractivity contribution is 0.170. The van der Waals surface area contributed by atoms with Crippen LogP contribution in [0, 0.1) is 5.82 Å². The molecule has 2 N–H and O–H groups in total. The second-order valence-corrected chi connectivity index (χ2v) is 5.82. The van der Waals surface area contributed by atoms with E-state index < -0.39 is 0 Å². The van der Waals surface area contributed by atoms with Crippen LogP contribution in [0.2, 0.25) is 0 Å². The minimum atomic E-state index is -0.342. The van der Waals surface area contributed by atoms with Gasteiger partial charge in [-0.15, -0.1) is 0 Å². The predicted molar refractivity (Wildman–Crippen MR) is 79.2 cm³/mol. The Hall–Kier alpha value is -1.82. The highest BCUT2D eigenvalue weighted by Crippen LogP contribution is 2.33. The number of nitrogens with one attached hydrogen (secondary N) is 1. The fourth-order valence-electron chi connectivity index (χ4n) is 2.87. The minimum absolute atomic E-state index is 0.0422. The second kappa shape index (κ2) is 6.52. The molecule has 1 heterocycles. The number of amides is 2. The Morgan fingerprint density at radius 3 is 2.95 bits per heavy atom. The van der Waals surface area contributed by atoms with Crippen molar-refractivity contribution in [2.24, 2.45) is 0 Å². The van der Waals surface area contributed by atoms with Gasteiger partial charge >= 0.3 is 6.03 Å². The molecule has 3 rings (SSSR count). The number of carbonyl (C=O) groups is 1. The van der Waals surface area contributed by atoms with Crippen molar-refractivity contribution in [1.29, 1.82) is 0 Å². The maximum absolute atomic E-state index is 13.4. The Balaban J connectivity index is 1.75. The molecular formula is C16H21FN2O3. The number of ether oxygens (including phenoxy) is 1. The number of hydrogen-bond donors (Lipinski definition) is 2. The first-order valence-electron chi connectivity index (χ1n) is 7.79. The maximum atomic E-state index is 13.4. The number of carbonyl (C=O) groups excluding carboxylic acids is 1. The molecule has 22 heavy (non-hydrogen) atoms. The monoisotopic (exact) mass is 308 g/mol. The van der Waals surface area contributed by atoms with E-state index in [-0.39, 0.29) is 30.5 Å². The highest BCUT2D eigenvalue weighted by Gasteiger charge is 2.33. The van der Waals surface area contributed by atoms with Crippen LogP contribution in [0.5, 0.6) is 5.75 Å². The van der Waals surface area contributed by atoms with E-state index in [1.54, 1.807) is 11.0 Å². The van der Waals surface area contributed by atoms with Crippen LogP contribution in [-0.4, -0.2) is 41.8 Å². The molecule has 0 radical (unpaired) electrons. The second-order valence-electron chi connectivity index (χ2n) is 5.82. The fraction of sp³-hybridized carbons (Fsp3) is 0.562. The molecule has 0 aromatic heterocycles. The molecule has 1 aliphatic carbocycles. The molecular weight excluding hydrogens is 287 g/mol. The number of rotatable bonds is 4. The summed E-state index contributed by atoms with van der Waals surface area (Å²) < 4.78 is 18.9. The van der Waals surface area contributed by atoms with Crippen LogP contribution in [0.4, 0.5) is 9.18 Å². The zero-order valence-electron chi connectivity index (χ0n) is 12.4. The number of aliphatic hydroxyl groups excluding tert-OH is 1. The maximum Gasteiger partial charge on any atom is 0.318 e. The van der Waals surface area contributed by atoms with Crippen LogP contribution in [0.1, 0.15) is 37.3 Å². The summed E-state index contributed by atoms with van der Waals surface area (Å²) in [7, 11) is 0. The van der Waals surface area contributed by atoms with Crippen molar-refractivity contribution in [3.63, 3.8) is 0 Å². The summed E-state index contributed by atoms with van der Waals surface area (Å²) >= 11 is 0. The smallest absolute Gasteiger partial charge is 0.318 e. The van der Waals surface area contributed by atoms with Gasteiger partial charge in [0, 0.05) is 24.2 Å². The molecule has 1 unspecified atom stereocenters. The first-order chi connectivity index (χ1) is 10.7. The third-order valence-corrected chi connectivity index (χ3v) is 4.13. The summed E-state index contributed by atoms with van der Waals surface area (Å²) in [6.45, 7) is 0.821. The van der Waals surface area contributed by atoms with E-state index in [1.165, 1.54) is 12.1 Å². The molecule has 6 heteroatoms. The molecule has 1 aliphatic heterocycles. The SMILES string of the molecule is O=C(NC1CCCOc2cc(F)ccc21)N(CCO)C1CC1. The lowest BCUT2D eigenvalue weighted by Gasteiger charge is -2.26. The molecule has 0 saturated heterocycles. The van der Waals surface area contributed by atoms with Gasteiger partial charge in [0.15, 0.2) is 0 Å². The highest BCUT2D eigenvalue weighted by molar-refractivity contribution is 5.75. The van der Waals surface area contributed by atoms with E-state index in [0.29, 0.717) is 18.9 Å². The molecule has 5 nitrogen and oxygen atoms in total. The van der Waals surface area contributed by atoms with Crippen molar-refractivity contribution >= 4 is 6.03 Å². The van der Waals surface area contributed by atoms with Gasteiger partial charge in [0.05, 0.1) is 19.3 Å². The predicted octanol–water partition coefficient (Wildman–Crippen LogP) is 2.21. The summed E-state index contributed by atoms with van der Waals surface area (Å²) in [5.41, 5.74) is 0.812. The van der Waals surface area contributed by atoms with Crippen LogP contribution in [0.15, 0.2) is 18.2 Å². The van der Waals surface area contributed by atoms with Crippen LogP contribution >= 0.6 is 0 Å². The fourth-order valence-corrected chi connectivity index (χ4v) is 2.87. The van der Waals surface area contributed by atoms with Crippen LogP contribution in [0.25, 0.3) is 0 Å². The molecule has 1 atom stereocenters. The molecule has 0 bridgehead atoms. The van der Waals surface area contributed by atoms with Crippen molar-refractivity contribution in [2.75, 3.05) is 19.8 Å². The Labute approximate surface area is 129 Å². The Bertz CT molecular complexity index is 548. The van der Waals surface area contributed by atoms with Crippen molar-refractivity contribution in [2.45, 2.75) is 37.8 Å². The first kappa shape index (κ1) is 15.1. The van der Waals surface area contributed by atoms with Crippen LogP contribution in [-0.2, 0) is 0 Å². The number of fused-ring (bicyclic) bond motifs is 1. The van der Waals surface area contributed by atoms with Gasteiger partial charge in [-0.25, -0.2) is 9.18 Å². The average Bonchev–Trinajstić information content (AvgIpc) is 3.32. The highest BCUT2D eigenvalue weighted by atomic mass is 19.1. The summed E-state index contributed by atoms with van der Waals surface area (Å²) in [4.78, 5) is 14.2. The van der Waals surface area contributed by atoms with Gasteiger partial charge in [-0.3, -0.25) is 0 Å². The molecule has 2 amide bonds. The van der Waals surface area contributed by atoms with Crippen molar-refractivity contribution in [1.82, 2.24) is 10.2 Å². The standard InChI is InChI=1S/C16H21FN2O3/c17-11-3-6-13-14(2-1-9-22-15(13)10-11)18-16(21)19(7-8-20)12-4-5-12/h3,6,10,12,14,20H,1-2,4-5,7-9H2,(H,18,21). The quantitative estimate of drug-likeness (QED) is 0.896. The molecule has 1 aromatic rings. The number of aliphatic hydroxyl groups is 1. The van der Waals surface area contributed by atoms with E-state index in [1.807, 2.05) is 0 Å². The average molecular weight is 308 g/mol. The third kappa shape index (κ3) is 3.32. The zero-order chi connectivity index (χ0) is 15.5. The summed E-state index contributed by atoms with van der Waals surface area (Å²) in [6, 6.07) is 4.31. The molecule has 0 spiro atoms. The van der Waals surface area contributed by atoms with E-state index in [9.17, 15) is 9.18 Å². The number of urea groups is 1. The zero-order valence-corrected chi connectivity index (χ0v) is 12.4. The molecule has 120 valence electrons. The normalized spacial score (nSPS) is 20.5. The lowest BCUT2D eigenvalue weighted by Crippen LogP contribution is -2.44. The largest absolute Gasteiger partial charge is 0.493 e. The van der Waals surface area contributed by atoms with E-state index in [2.05, 4.69) is 5.32 Å². The van der Waals surface area contributed by atoms with Gasteiger partial charge in [0.25, 0.3) is 0 Å². The first-order valence-corrected chi connectivity index (χ1v) is 7.79. The van der Waals surface area contributed by atoms with Crippen molar-refractivity contribution in [3.05, 3.63) is 29.6 Å². The van der Waals surface area contributed by atoms with Crippen molar-refractivity contribution in [3.8, 4) is 5.75 Å². The number of halogens is 1. The lowest BCUT2D eigenvalue weighted by atomic mass is 10.0. The Morgan fingerprint density at radius 2 is 2.23 bits per heavy atom. The van der Waals surface area contributed by atoms with Gasteiger partial charge in [-0.2, -0.15) is 0 Å². The summed E-state index contributed by atoms with van der Waals surface area (Å²) in [5.74, 6) is 0.161. The summed E-state index contributed by atoms with van der Waals surface area (Å²) in [6.07, 6.45) is 3.53. The van der Waals surface area contributed by atoms with Crippen LogP contribution in [0.3, 0.4) is 0 Å². The van der Waals surface area contributed by atoms with Crippen molar-refractivity contribution < 1.29 is 19.0 Å². The van der Waals surface area contributed by atoms with Gasteiger partial charge in [-0.05, 0) is 31.7 Å². The van der Waals surface area contributed by atoms with Gasteiger partial charge in [0.2, 0.25) is 0 Å². The van der Waals surface area contributed by atoms with Crippen LogP contribution < -0.4 is 10.1 Å².